The third kappa shape index (κ3) is 9.74. The summed E-state index contributed by atoms with van der Waals surface area (Å²) in [7, 11) is -4.49. The smallest absolute Gasteiger partial charge is 0.490 e. The molecule has 2 aliphatic rings. The molecule has 1 aliphatic heterocycles. The van der Waals surface area contributed by atoms with Crippen LogP contribution in [0, 0.1) is 5.92 Å². The van der Waals surface area contributed by atoms with Gasteiger partial charge in [-0.15, -0.1) is 0 Å². The van der Waals surface area contributed by atoms with Crippen molar-refractivity contribution in [3.8, 4) is 5.75 Å². The standard InChI is InChI=1S/C26H32ClF2N3O4S.C2HF3O2/c27-20-8-6-19(7-9-20)26(28,29)24(25(33)32-15-14-21(30)16-32)31-37(34,35)23-12-10-22(11-13-23)36-17-18-4-2-1-3-5-18;3-2(4,5)1(6)7/h6-13,18,21,24,31H,1-5,14-17,30H2;(H,6,7)/t21-,24-;/m1./s1. The van der Waals surface area contributed by atoms with Crippen LogP contribution < -0.4 is 15.2 Å². The summed E-state index contributed by atoms with van der Waals surface area (Å²) in [6.07, 6.45) is 1.17. The second kappa shape index (κ2) is 14.8. The summed E-state index contributed by atoms with van der Waals surface area (Å²) >= 11 is 5.83. The molecular weight excluding hydrogens is 637 g/mol. The van der Waals surface area contributed by atoms with Gasteiger partial charge in [-0.1, -0.05) is 43.0 Å². The van der Waals surface area contributed by atoms with Crippen molar-refractivity contribution in [1.29, 1.82) is 0 Å². The number of halogens is 6. The van der Waals surface area contributed by atoms with Gasteiger partial charge in [-0.25, -0.2) is 13.2 Å². The van der Waals surface area contributed by atoms with E-state index in [0.29, 0.717) is 24.7 Å². The zero-order chi connectivity index (χ0) is 32.7. The molecule has 1 heterocycles. The van der Waals surface area contributed by atoms with Crippen LogP contribution >= 0.6 is 11.6 Å². The zero-order valence-electron chi connectivity index (χ0n) is 23.4. The lowest BCUT2D eigenvalue weighted by Gasteiger charge is -2.30. The second-order valence-electron chi connectivity index (χ2n) is 10.6. The summed E-state index contributed by atoms with van der Waals surface area (Å²) in [5.41, 5.74) is 5.32. The number of carbonyl (C=O) groups is 2. The highest BCUT2D eigenvalue weighted by Gasteiger charge is 2.50. The minimum atomic E-state index is -5.08. The number of rotatable bonds is 9. The zero-order valence-corrected chi connectivity index (χ0v) is 25.0. The molecule has 0 unspecified atom stereocenters. The molecule has 4 N–H and O–H groups in total. The number of alkyl halides is 5. The summed E-state index contributed by atoms with van der Waals surface area (Å²) in [4.78, 5) is 23.0. The SMILES string of the molecule is N[C@@H]1CCN(C(=O)[C@@H](NS(=O)(=O)c2ccc(OCC3CCCCC3)cc2)C(F)(F)c2ccc(Cl)cc2)C1.O=C(O)C(F)(F)F. The second-order valence-corrected chi connectivity index (χ2v) is 12.8. The van der Waals surface area contributed by atoms with Crippen LogP contribution in [0.3, 0.4) is 0 Å². The Bertz CT molecular complexity index is 1370. The number of hydrogen-bond donors (Lipinski definition) is 3. The molecule has 44 heavy (non-hydrogen) atoms. The molecule has 0 bridgehead atoms. The van der Waals surface area contributed by atoms with Gasteiger partial charge in [0, 0.05) is 29.7 Å². The molecule has 1 aliphatic carbocycles. The number of nitrogens with zero attached hydrogens (tertiary/aromatic N) is 1. The fourth-order valence-electron chi connectivity index (χ4n) is 4.79. The van der Waals surface area contributed by atoms with Gasteiger partial charge in [0.25, 0.3) is 5.92 Å². The van der Waals surface area contributed by atoms with Crippen LogP contribution in [0.25, 0.3) is 0 Å². The Hall–Kier alpha value is -3.01. The first-order valence-corrected chi connectivity index (χ1v) is 15.6. The number of nitrogens with two attached hydrogens (primary N) is 1. The molecule has 1 saturated carbocycles. The van der Waals surface area contributed by atoms with Crippen molar-refractivity contribution in [2.75, 3.05) is 19.7 Å². The van der Waals surface area contributed by atoms with Gasteiger partial charge in [-0.2, -0.15) is 26.7 Å². The Morgan fingerprint density at radius 3 is 2.07 bits per heavy atom. The molecule has 2 aromatic carbocycles. The molecule has 244 valence electrons. The van der Waals surface area contributed by atoms with Gasteiger partial charge in [-0.3, -0.25) is 4.79 Å². The molecule has 2 fully saturated rings. The maximum Gasteiger partial charge on any atom is 0.490 e. The van der Waals surface area contributed by atoms with Gasteiger partial charge in [0.1, 0.15) is 5.75 Å². The average Bonchev–Trinajstić information content (AvgIpc) is 3.41. The lowest BCUT2D eigenvalue weighted by Crippen LogP contribution is -2.56. The van der Waals surface area contributed by atoms with E-state index in [0.717, 1.165) is 25.0 Å². The average molecular weight is 670 g/mol. The Morgan fingerprint density at radius 2 is 1.57 bits per heavy atom. The van der Waals surface area contributed by atoms with E-state index < -0.39 is 45.6 Å². The van der Waals surface area contributed by atoms with Gasteiger partial charge in [-0.05, 0) is 61.6 Å². The largest absolute Gasteiger partial charge is 0.493 e. The molecule has 9 nitrogen and oxygen atoms in total. The maximum atomic E-state index is 15.7. The van der Waals surface area contributed by atoms with Crippen molar-refractivity contribution in [1.82, 2.24) is 9.62 Å². The predicted molar refractivity (Wildman–Crippen MR) is 151 cm³/mol. The van der Waals surface area contributed by atoms with Crippen LogP contribution in [0.1, 0.15) is 44.1 Å². The van der Waals surface area contributed by atoms with Gasteiger partial charge in [0.15, 0.2) is 6.04 Å². The highest BCUT2D eigenvalue weighted by Crippen LogP contribution is 2.35. The lowest BCUT2D eigenvalue weighted by atomic mass is 9.90. The Kier molecular flexibility index (Phi) is 12.0. The molecule has 2 aromatic rings. The number of nitrogens with one attached hydrogen (secondary N) is 1. The fourth-order valence-corrected chi connectivity index (χ4v) is 6.11. The molecule has 16 heteroatoms. The van der Waals surface area contributed by atoms with E-state index in [1.807, 2.05) is 4.72 Å². The van der Waals surface area contributed by atoms with Crippen molar-refractivity contribution in [3.63, 3.8) is 0 Å². The Balaban J connectivity index is 0.000000676. The minimum Gasteiger partial charge on any atom is -0.493 e. The first-order chi connectivity index (χ1) is 20.5. The number of carboxylic acids is 1. The van der Waals surface area contributed by atoms with Crippen molar-refractivity contribution in [2.45, 2.75) is 67.6 Å². The highest BCUT2D eigenvalue weighted by molar-refractivity contribution is 7.89. The lowest BCUT2D eigenvalue weighted by molar-refractivity contribution is -0.192. The van der Waals surface area contributed by atoms with E-state index in [4.69, 9.17) is 32.0 Å². The summed E-state index contributed by atoms with van der Waals surface area (Å²) in [5, 5.41) is 7.36. The number of ether oxygens (including phenoxy) is 1. The molecule has 0 spiro atoms. The van der Waals surface area contributed by atoms with Crippen LogP contribution in [0.2, 0.25) is 5.02 Å². The molecule has 1 saturated heterocycles. The molecule has 0 radical (unpaired) electrons. The van der Waals surface area contributed by atoms with Crippen LogP contribution in [0.5, 0.6) is 5.75 Å². The van der Waals surface area contributed by atoms with E-state index in [2.05, 4.69) is 0 Å². The maximum absolute atomic E-state index is 15.7. The number of likely N-dealkylation sites (tertiary alicyclic amines) is 1. The third-order valence-electron chi connectivity index (χ3n) is 7.23. The molecule has 2 atom stereocenters. The van der Waals surface area contributed by atoms with Crippen molar-refractivity contribution in [2.24, 2.45) is 11.7 Å². The minimum absolute atomic E-state index is 0.0702. The third-order valence-corrected chi connectivity index (χ3v) is 8.93. The van der Waals surface area contributed by atoms with Crippen LogP contribution in [0.4, 0.5) is 22.0 Å². The Morgan fingerprint density at radius 1 is 1.00 bits per heavy atom. The first-order valence-electron chi connectivity index (χ1n) is 13.7. The Labute approximate surface area is 256 Å². The number of benzene rings is 2. The first kappa shape index (κ1) is 35.5. The highest BCUT2D eigenvalue weighted by atomic mass is 35.5. The summed E-state index contributed by atoms with van der Waals surface area (Å²) in [6.45, 7) is 0.787. The number of hydrogen-bond acceptors (Lipinski definition) is 6. The van der Waals surface area contributed by atoms with Gasteiger partial charge in [0.05, 0.1) is 11.5 Å². The number of carboxylic acid groups (broad SMARTS) is 1. The molecule has 1 amide bonds. The van der Waals surface area contributed by atoms with E-state index >= 15 is 8.78 Å². The number of aliphatic carboxylic acids is 1. The summed E-state index contributed by atoms with van der Waals surface area (Å²) in [5.74, 6) is -6.68. The topological polar surface area (TPSA) is 139 Å². The summed E-state index contributed by atoms with van der Waals surface area (Å²) in [6, 6.07) is 7.50. The van der Waals surface area contributed by atoms with E-state index in [-0.39, 0.29) is 29.0 Å². The van der Waals surface area contributed by atoms with Crippen molar-refractivity contribution < 1.29 is 49.8 Å². The fraction of sp³-hybridized carbons (Fsp3) is 0.500. The monoisotopic (exact) mass is 669 g/mol. The van der Waals surface area contributed by atoms with Crippen LogP contribution in [-0.4, -0.2) is 68.3 Å². The predicted octanol–water partition coefficient (Wildman–Crippen LogP) is 4.93. The van der Waals surface area contributed by atoms with Crippen LogP contribution in [0.15, 0.2) is 53.4 Å². The van der Waals surface area contributed by atoms with E-state index in [1.54, 1.807) is 0 Å². The molecule has 0 aromatic heterocycles. The number of amides is 1. The van der Waals surface area contributed by atoms with Gasteiger partial charge >= 0.3 is 12.1 Å². The van der Waals surface area contributed by atoms with Crippen molar-refractivity contribution in [3.05, 3.63) is 59.1 Å². The summed E-state index contributed by atoms with van der Waals surface area (Å²) < 4.78 is 97.2. The van der Waals surface area contributed by atoms with Crippen LogP contribution in [-0.2, 0) is 25.5 Å². The van der Waals surface area contributed by atoms with E-state index in [1.165, 1.54) is 60.6 Å². The van der Waals surface area contributed by atoms with Crippen molar-refractivity contribution >= 4 is 33.5 Å². The molecular formula is C28H33ClF5N3O6S. The van der Waals surface area contributed by atoms with Gasteiger partial charge in [0.2, 0.25) is 15.9 Å². The number of carbonyl (C=O) groups excluding carboxylic acids is 1. The molecule has 4 rings (SSSR count). The van der Waals surface area contributed by atoms with E-state index in [9.17, 15) is 26.4 Å². The number of sulfonamides is 1. The quantitative estimate of drug-likeness (QED) is 0.322. The normalized spacial score (nSPS) is 18.7. The van der Waals surface area contributed by atoms with Gasteiger partial charge < -0.3 is 20.5 Å².